The summed E-state index contributed by atoms with van der Waals surface area (Å²) in [5.74, 6) is -0.940. The van der Waals surface area contributed by atoms with E-state index in [4.69, 9.17) is 0 Å². The minimum Gasteiger partial charge on any atom is -0.308 e. The number of nitrogens with zero attached hydrogens (tertiary/aromatic N) is 1. The first kappa shape index (κ1) is 17.1. The van der Waals surface area contributed by atoms with Crippen molar-refractivity contribution in [2.24, 2.45) is 0 Å². The first-order valence-electron chi connectivity index (χ1n) is 7.08. The summed E-state index contributed by atoms with van der Waals surface area (Å²) in [6.07, 6.45) is 0.912. The van der Waals surface area contributed by atoms with Crippen LogP contribution in [0.5, 0.6) is 0 Å². The van der Waals surface area contributed by atoms with Crippen LogP contribution in [0.2, 0.25) is 0 Å². The second-order valence-corrected chi connectivity index (χ2v) is 6.03. The van der Waals surface area contributed by atoms with Gasteiger partial charge >= 0.3 is 0 Å². The Morgan fingerprint density at radius 3 is 2.35 bits per heavy atom. The zero-order chi connectivity index (χ0) is 15.5. The molecule has 0 aliphatic rings. The molecule has 0 aromatic heterocycles. The van der Waals surface area contributed by atoms with Crippen LogP contribution in [0.4, 0.5) is 8.78 Å². The molecule has 2 nitrogen and oxygen atoms in total. The monoisotopic (exact) mass is 284 g/mol. The molecule has 0 heterocycles. The van der Waals surface area contributed by atoms with Crippen LogP contribution in [0.15, 0.2) is 12.1 Å². The van der Waals surface area contributed by atoms with Crippen LogP contribution in [0.25, 0.3) is 0 Å². The maximum Gasteiger partial charge on any atom is 0.133 e. The van der Waals surface area contributed by atoms with Crippen LogP contribution in [-0.2, 0) is 0 Å². The van der Waals surface area contributed by atoms with E-state index >= 15 is 0 Å². The molecular weight excluding hydrogens is 258 g/mol. The highest BCUT2D eigenvalue weighted by molar-refractivity contribution is 5.31. The highest BCUT2D eigenvalue weighted by Crippen LogP contribution is 2.33. The summed E-state index contributed by atoms with van der Waals surface area (Å²) in [5, 5.41) is 3.29. The Balaban J connectivity index is 3.35. The number of benzene rings is 1. The lowest BCUT2D eigenvalue weighted by atomic mass is 9.86. The molecule has 0 amide bonds. The van der Waals surface area contributed by atoms with Gasteiger partial charge in [0.1, 0.15) is 11.6 Å². The van der Waals surface area contributed by atoms with Crippen molar-refractivity contribution in [3.63, 3.8) is 0 Å². The van der Waals surface area contributed by atoms with Gasteiger partial charge in [0.25, 0.3) is 0 Å². The van der Waals surface area contributed by atoms with Crippen molar-refractivity contribution in [1.29, 1.82) is 0 Å². The van der Waals surface area contributed by atoms with Gasteiger partial charge in [-0.2, -0.15) is 0 Å². The van der Waals surface area contributed by atoms with Crippen molar-refractivity contribution in [2.75, 3.05) is 20.6 Å². The van der Waals surface area contributed by atoms with Crippen molar-refractivity contribution in [3.8, 4) is 0 Å². The largest absolute Gasteiger partial charge is 0.308 e. The highest BCUT2D eigenvalue weighted by atomic mass is 19.1. The molecule has 0 radical (unpaired) electrons. The van der Waals surface area contributed by atoms with E-state index in [9.17, 15) is 8.78 Å². The van der Waals surface area contributed by atoms with Crippen molar-refractivity contribution < 1.29 is 8.78 Å². The predicted molar refractivity (Wildman–Crippen MR) is 79.9 cm³/mol. The van der Waals surface area contributed by atoms with Crippen LogP contribution in [-0.4, -0.2) is 31.1 Å². The quantitative estimate of drug-likeness (QED) is 0.857. The summed E-state index contributed by atoms with van der Waals surface area (Å²) < 4.78 is 28.6. The summed E-state index contributed by atoms with van der Waals surface area (Å²) in [4.78, 5) is 1.99. The van der Waals surface area contributed by atoms with Crippen molar-refractivity contribution in [3.05, 3.63) is 34.9 Å². The predicted octanol–water partition coefficient (Wildman–Crippen LogP) is 3.65. The van der Waals surface area contributed by atoms with E-state index < -0.39 is 23.2 Å². The lowest BCUT2D eigenvalue weighted by Crippen LogP contribution is -2.50. The fraction of sp³-hybridized carbons (Fsp3) is 0.625. The molecule has 0 spiro atoms. The normalized spacial score (nSPS) is 13.8. The Morgan fingerprint density at radius 2 is 1.85 bits per heavy atom. The zero-order valence-electron chi connectivity index (χ0n) is 13.3. The first-order chi connectivity index (χ1) is 9.23. The summed E-state index contributed by atoms with van der Waals surface area (Å²) in [5.41, 5.74) is 0.196. The molecule has 0 aliphatic carbocycles. The fourth-order valence-electron chi connectivity index (χ4n) is 2.19. The standard InChI is InChI=1S/C16H26F2N2/c1-7-10-19-15(16(3,4)20(5)6)13-12(17)9-8-11(2)14(13)18/h8-9,15,19H,7,10H2,1-6H3. The number of hydrogen-bond acceptors (Lipinski definition) is 2. The highest BCUT2D eigenvalue weighted by Gasteiger charge is 2.36. The van der Waals surface area contributed by atoms with E-state index in [2.05, 4.69) is 5.32 Å². The third kappa shape index (κ3) is 3.36. The van der Waals surface area contributed by atoms with E-state index in [-0.39, 0.29) is 5.56 Å². The number of aryl methyl sites for hydroxylation is 1. The lowest BCUT2D eigenvalue weighted by Gasteiger charge is -2.41. The van der Waals surface area contributed by atoms with Gasteiger partial charge < -0.3 is 10.2 Å². The molecule has 4 heteroatoms. The molecule has 1 atom stereocenters. The van der Waals surface area contributed by atoms with Crippen LogP contribution in [0.1, 0.15) is 44.4 Å². The minimum atomic E-state index is -0.489. The SMILES string of the molecule is CCCNC(c1c(F)ccc(C)c1F)C(C)(C)N(C)C. The molecule has 1 aromatic carbocycles. The van der Waals surface area contributed by atoms with Gasteiger partial charge in [-0.25, -0.2) is 8.78 Å². The molecule has 1 rings (SSSR count). The topological polar surface area (TPSA) is 15.3 Å². The maximum absolute atomic E-state index is 14.4. The molecule has 0 bridgehead atoms. The molecule has 20 heavy (non-hydrogen) atoms. The molecule has 0 fully saturated rings. The van der Waals surface area contributed by atoms with Crippen LogP contribution >= 0.6 is 0 Å². The molecule has 1 unspecified atom stereocenters. The van der Waals surface area contributed by atoms with E-state index in [1.165, 1.54) is 12.1 Å². The van der Waals surface area contributed by atoms with Crippen molar-refractivity contribution in [2.45, 2.75) is 45.7 Å². The maximum atomic E-state index is 14.4. The number of rotatable bonds is 6. The van der Waals surface area contributed by atoms with Gasteiger partial charge in [0.05, 0.1) is 6.04 Å². The average Bonchev–Trinajstić information content (AvgIpc) is 2.37. The second kappa shape index (κ2) is 6.64. The summed E-state index contributed by atoms with van der Waals surface area (Å²) in [6.45, 7) is 8.39. The summed E-state index contributed by atoms with van der Waals surface area (Å²) in [6, 6.07) is 2.42. The molecule has 0 aliphatic heterocycles. The Kier molecular flexibility index (Phi) is 5.66. The third-order valence-corrected chi connectivity index (χ3v) is 4.07. The second-order valence-electron chi connectivity index (χ2n) is 6.03. The molecule has 114 valence electrons. The first-order valence-corrected chi connectivity index (χ1v) is 7.08. The summed E-state index contributed by atoms with van der Waals surface area (Å²) >= 11 is 0. The smallest absolute Gasteiger partial charge is 0.133 e. The molecule has 1 N–H and O–H groups in total. The molecule has 0 saturated carbocycles. The van der Waals surface area contributed by atoms with Crippen LogP contribution < -0.4 is 5.32 Å². The van der Waals surface area contributed by atoms with Gasteiger partial charge in [0.2, 0.25) is 0 Å². The average molecular weight is 284 g/mol. The number of nitrogens with one attached hydrogen (secondary N) is 1. The van der Waals surface area contributed by atoms with Gasteiger partial charge in [0, 0.05) is 11.1 Å². The molecule has 0 saturated heterocycles. The lowest BCUT2D eigenvalue weighted by molar-refractivity contribution is 0.133. The Hall–Kier alpha value is -1.00. The van der Waals surface area contributed by atoms with Gasteiger partial charge in [0.15, 0.2) is 0 Å². The van der Waals surface area contributed by atoms with Gasteiger partial charge in [-0.3, -0.25) is 0 Å². The van der Waals surface area contributed by atoms with Crippen LogP contribution in [0, 0.1) is 18.6 Å². The fourth-order valence-corrected chi connectivity index (χ4v) is 2.19. The van der Waals surface area contributed by atoms with E-state index in [1.54, 1.807) is 6.92 Å². The molecular formula is C16H26F2N2. The van der Waals surface area contributed by atoms with E-state index in [1.807, 2.05) is 39.8 Å². The Morgan fingerprint density at radius 1 is 1.25 bits per heavy atom. The summed E-state index contributed by atoms with van der Waals surface area (Å²) in [7, 11) is 3.85. The van der Waals surface area contributed by atoms with Gasteiger partial charge in [-0.15, -0.1) is 0 Å². The van der Waals surface area contributed by atoms with Crippen molar-refractivity contribution >= 4 is 0 Å². The van der Waals surface area contributed by atoms with Gasteiger partial charge in [-0.05, 0) is 59.5 Å². The molecule has 1 aromatic rings. The van der Waals surface area contributed by atoms with Crippen molar-refractivity contribution in [1.82, 2.24) is 10.2 Å². The van der Waals surface area contributed by atoms with E-state index in [0.29, 0.717) is 5.56 Å². The van der Waals surface area contributed by atoms with Crippen LogP contribution in [0.3, 0.4) is 0 Å². The number of likely N-dealkylation sites (N-methyl/N-ethyl adjacent to an activating group) is 1. The third-order valence-electron chi connectivity index (χ3n) is 4.07. The van der Waals surface area contributed by atoms with Gasteiger partial charge in [-0.1, -0.05) is 13.0 Å². The zero-order valence-corrected chi connectivity index (χ0v) is 13.3. The minimum absolute atomic E-state index is 0.136. The van der Waals surface area contributed by atoms with E-state index in [0.717, 1.165) is 13.0 Å². The Labute approximate surface area is 121 Å². The number of hydrogen-bond donors (Lipinski definition) is 1. The Bertz CT molecular complexity index is 456. The number of halogens is 2.